The van der Waals surface area contributed by atoms with Gasteiger partial charge in [-0.15, -0.1) is 12.3 Å². The monoisotopic (exact) mass is 360 g/mol. The van der Waals surface area contributed by atoms with E-state index in [-0.39, 0.29) is 6.23 Å². The molecule has 0 aromatic heterocycles. The van der Waals surface area contributed by atoms with Gasteiger partial charge in [0.1, 0.15) is 18.8 Å². The topological polar surface area (TPSA) is 92.4 Å². The molecule has 0 radical (unpaired) electrons. The maximum atomic E-state index is 9.67. The first-order chi connectivity index (χ1) is 11.9. The van der Waals surface area contributed by atoms with Crippen LogP contribution in [0.4, 0.5) is 0 Å². The summed E-state index contributed by atoms with van der Waals surface area (Å²) in [7, 11) is 1.77. The van der Waals surface area contributed by atoms with Crippen LogP contribution in [0, 0.1) is 18.3 Å². The molecule has 0 saturated heterocycles. The van der Waals surface area contributed by atoms with Gasteiger partial charge < -0.3 is 20.4 Å². The van der Waals surface area contributed by atoms with Crippen molar-refractivity contribution in [1.29, 1.82) is 0 Å². The molecular formula is C20H44N2O3. The molecule has 0 aliphatic carbocycles. The van der Waals surface area contributed by atoms with Crippen molar-refractivity contribution in [2.24, 2.45) is 11.7 Å². The summed E-state index contributed by atoms with van der Waals surface area (Å²) in [4.78, 5) is 19.1. The summed E-state index contributed by atoms with van der Waals surface area (Å²) in [5.41, 5.74) is 5.07. The van der Waals surface area contributed by atoms with Crippen molar-refractivity contribution < 1.29 is 14.7 Å². The molecule has 0 aromatic carbocycles. The highest BCUT2D eigenvalue weighted by Gasteiger charge is 2.00. The Morgan fingerprint density at radius 2 is 1.64 bits per heavy atom. The van der Waals surface area contributed by atoms with Gasteiger partial charge >= 0.3 is 0 Å². The smallest absolute Gasteiger partial charge is 0.137 e. The Balaban J connectivity index is -0.0000000747. The van der Waals surface area contributed by atoms with Gasteiger partial charge in [-0.1, -0.05) is 48.5 Å². The highest BCUT2D eigenvalue weighted by atomic mass is 16.3. The molecule has 0 rings (SSSR count). The maximum Gasteiger partial charge on any atom is 0.137 e. The lowest BCUT2D eigenvalue weighted by Gasteiger charge is -2.09. The van der Waals surface area contributed by atoms with E-state index in [9.17, 15) is 9.59 Å². The van der Waals surface area contributed by atoms with Gasteiger partial charge in [0, 0.05) is 12.8 Å². The minimum Gasteiger partial charge on any atom is -0.379 e. The third kappa shape index (κ3) is 60.2. The number of unbranched alkanes of at least 4 members (excludes halogenated alkanes) is 1. The quantitative estimate of drug-likeness (QED) is 0.350. The molecule has 0 amide bonds. The summed E-state index contributed by atoms with van der Waals surface area (Å²) in [6, 6.07) is -0.468. The first-order valence-corrected chi connectivity index (χ1v) is 9.32. The second-order valence-electron chi connectivity index (χ2n) is 4.94. The van der Waals surface area contributed by atoms with E-state index in [1.54, 1.807) is 7.05 Å². The number of aliphatic hydroxyl groups is 1. The number of carbonyl (C=O) groups is 2. The Kier molecular flexibility index (Phi) is 53.7. The lowest BCUT2D eigenvalue weighted by molar-refractivity contribution is -0.109. The highest BCUT2D eigenvalue weighted by Crippen LogP contribution is 2.04. The molecular weight excluding hydrogens is 316 g/mol. The highest BCUT2D eigenvalue weighted by molar-refractivity contribution is 5.57. The second-order valence-corrected chi connectivity index (χ2v) is 4.94. The van der Waals surface area contributed by atoms with Crippen LogP contribution in [0.2, 0.25) is 0 Å². The van der Waals surface area contributed by atoms with Crippen LogP contribution in [-0.4, -0.2) is 37.0 Å². The van der Waals surface area contributed by atoms with Crippen molar-refractivity contribution in [2.75, 3.05) is 7.05 Å². The molecule has 5 heteroatoms. The fourth-order valence-corrected chi connectivity index (χ4v) is 0.938. The Bertz CT molecular complexity index is 264. The normalized spacial score (nSPS) is 10.5. The van der Waals surface area contributed by atoms with Gasteiger partial charge in [-0.2, -0.15) is 0 Å². The SMILES string of the molecule is C#CCC(N)C=O.CC.CC.CCCC=O.CNC(O)CCC(C)C. The molecule has 25 heavy (non-hydrogen) atoms. The summed E-state index contributed by atoms with van der Waals surface area (Å²) >= 11 is 0. The van der Waals surface area contributed by atoms with Crippen LogP contribution in [0.25, 0.3) is 0 Å². The molecule has 2 unspecified atom stereocenters. The standard InChI is InChI=1S/C7H17NO.C5H7NO.C4H8O.2C2H6/c1-6(2)4-5-7(9)8-3;1-2-3-5(6)4-7;1-2-3-4-5;2*1-2/h6-9H,4-5H2,1-3H3;1,4-5H,3,6H2;4H,2-3H2,1H3;2*1-2H3. The number of nitrogens with one attached hydrogen (secondary N) is 1. The minimum atomic E-state index is -0.468. The van der Waals surface area contributed by atoms with Crippen molar-refractivity contribution in [3.63, 3.8) is 0 Å². The van der Waals surface area contributed by atoms with Crippen LogP contribution in [0.15, 0.2) is 0 Å². The zero-order valence-electron chi connectivity index (χ0n) is 17.8. The zero-order chi connectivity index (χ0) is 21.1. The number of carbonyl (C=O) groups excluding carboxylic acids is 2. The van der Waals surface area contributed by atoms with Gasteiger partial charge in [0.05, 0.1) is 6.04 Å². The summed E-state index contributed by atoms with van der Waals surface area (Å²) in [6.45, 7) is 14.3. The fraction of sp³-hybridized carbons (Fsp3) is 0.800. The fourth-order valence-electron chi connectivity index (χ4n) is 0.938. The number of rotatable bonds is 8. The number of hydrogen-bond donors (Lipinski definition) is 3. The molecule has 0 aliphatic rings. The molecule has 0 heterocycles. The van der Waals surface area contributed by atoms with E-state index in [4.69, 9.17) is 17.3 Å². The van der Waals surface area contributed by atoms with Crippen LogP contribution in [0.1, 0.15) is 80.6 Å². The largest absolute Gasteiger partial charge is 0.379 e. The molecule has 4 N–H and O–H groups in total. The van der Waals surface area contributed by atoms with Crippen molar-refractivity contribution in [1.82, 2.24) is 5.32 Å². The van der Waals surface area contributed by atoms with Crippen LogP contribution < -0.4 is 11.1 Å². The van der Waals surface area contributed by atoms with Crippen LogP contribution in [0.5, 0.6) is 0 Å². The molecule has 0 aliphatic heterocycles. The Hall–Kier alpha value is -1.22. The van der Waals surface area contributed by atoms with Crippen molar-refractivity contribution >= 4 is 12.6 Å². The third-order valence-corrected chi connectivity index (χ3v) is 2.29. The molecule has 0 saturated carbocycles. The summed E-state index contributed by atoms with van der Waals surface area (Å²) in [5, 5.41) is 11.8. The summed E-state index contributed by atoms with van der Waals surface area (Å²) < 4.78 is 0. The van der Waals surface area contributed by atoms with E-state index in [1.807, 2.05) is 34.6 Å². The average molecular weight is 361 g/mol. The number of hydrogen-bond acceptors (Lipinski definition) is 5. The minimum absolute atomic E-state index is 0.313. The number of terminal acetylenes is 1. The molecule has 152 valence electrons. The predicted molar refractivity (Wildman–Crippen MR) is 110 cm³/mol. The van der Waals surface area contributed by atoms with Gasteiger partial charge in [0.15, 0.2) is 0 Å². The molecule has 0 fully saturated rings. The van der Waals surface area contributed by atoms with Gasteiger partial charge in [0.25, 0.3) is 0 Å². The Morgan fingerprint density at radius 3 is 1.80 bits per heavy atom. The molecule has 5 nitrogen and oxygen atoms in total. The Labute approximate surface area is 157 Å². The van der Waals surface area contributed by atoms with E-state index >= 15 is 0 Å². The van der Waals surface area contributed by atoms with Crippen molar-refractivity contribution in [3.05, 3.63) is 0 Å². The van der Waals surface area contributed by atoms with Crippen molar-refractivity contribution in [3.8, 4) is 12.3 Å². The van der Waals surface area contributed by atoms with E-state index < -0.39 is 6.04 Å². The van der Waals surface area contributed by atoms with Gasteiger partial charge in [0.2, 0.25) is 0 Å². The van der Waals surface area contributed by atoms with Gasteiger partial charge in [-0.25, -0.2) is 0 Å². The van der Waals surface area contributed by atoms with Crippen molar-refractivity contribution in [2.45, 2.75) is 92.8 Å². The molecule has 2 atom stereocenters. The summed E-state index contributed by atoms with van der Waals surface area (Å²) in [6.07, 6.45) is 10.0. The lowest BCUT2D eigenvalue weighted by atomic mass is 10.1. The number of nitrogens with two attached hydrogens (primary N) is 1. The predicted octanol–water partition coefficient (Wildman–Crippen LogP) is 3.53. The van der Waals surface area contributed by atoms with Gasteiger partial charge in [-0.05, 0) is 32.2 Å². The first kappa shape index (κ1) is 35.0. The number of aliphatic hydroxyl groups excluding tert-OH is 1. The average Bonchev–Trinajstić information content (AvgIpc) is 2.64. The van der Waals surface area contributed by atoms with Crippen LogP contribution in [0.3, 0.4) is 0 Å². The molecule has 0 bridgehead atoms. The first-order valence-electron chi connectivity index (χ1n) is 9.32. The van der Waals surface area contributed by atoms with E-state index in [1.165, 1.54) is 0 Å². The van der Waals surface area contributed by atoms with Crippen LogP contribution >= 0.6 is 0 Å². The number of aldehydes is 2. The van der Waals surface area contributed by atoms with Gasteiger partial charge in [-0.3, -0.25) is 5.32 Å². The molecule has 0 aromatic rings. The van der Waals surface area contributed by atoms with E-state index in [0.29, 0.717) is 25.0 Å². The van der Waals surface area contributed by atoms with Crippen LogP contribution in [-0.2, 0) is 9.59 Å². The zero-order valence-corrected chi connectivity index (χ0v) is 17.8. The maximum absolute atomic E-state index is 9.67. The van der Waals surface area contributed by atoms with E-state index in [0.717, 1.165) is 25.5 Å². The summed E-state index contributed by atoms with van der Waals surface area (Å²) in [5.74, 6) is 2.95. The Morgan fingerprint density at radius 1 is 1.16 bits per heavy atom. The third-order valence-electron chi connectivity index (χ3n) is 2.29. The van der Waals surface area contributed by atoms with E-state index in [2.05, 4.69) is 25.1 Å². The lowest BCUT2D eigenvalue weighted by Crippen LogP contribution is -2.24. The molecule has 0 spiro atoms. The second kappa shape index (κ2) is 38.4.